The normalized spacial score (nSPS) is 11.1. The van der Waals surface area contributed by atoms with E-state index in [1.54, 1.807) is 18.2 Å². The fourth-order valence-corrected chi connectivity index (χ4v) is 3.68. The zero-order valence-corrected chi connectivity index (χ0v) is 17.0. The topological polar surface area (TPSA) is 78.5 Å². The molecule has 6 nitrogen and oxygen atoms in total. The number of carbonyl (C=O) groups excluding carboxylic acids is 1. The van der Waals surface area contributed by atoms with Gasteiger partial charge in [-0.15, -0.1) is 0 Å². The second-order valence-corrected chi connectivity index (χ2v) is 8.34. The Kier molecular flexibility index (Phi) is 6.02. The zero-order chi connectivity index (χ0) is 21.9. The van der Waals surface area contributed by atoms with Crippen LogP contribution in [0, 0.1) is 11.6 Å². The third-order valence-corrected chi connectivity index (χ3v) is 5.60. The van der Waals surface area contributed by atoms with Crippen molar-refractivity contribution in [3.8, 4) is 0 Å². The molecule has 3 aromatic carbocycles. The van der Waals surface area contributed by atoms with Crippen LogP contribution in [0.4, 0.5) is 25.8 Å². The molecule has 0 fully saturated rings. The number of hydrogen-bond acceptors (Lipinski definition) is 4. The Morgan fingerprint density at radius 3 is 2.17 bits per heavy atom. The van der Waals surface area contributed by atoms with Gasteiger partial charge in [0, 0.05) is 36.7 Å². The Balaban J connectivity index is 1.71. The molecule has 0 spiro atoms. The number of hydrogen-bond donors (Lipinski definition) is 2. The molecule has 2 N–H and O–H groups in total. The Morgan fingerprint density at radius 1 is 0.867 bits per heavy atom. The molecule has 0 saturated heterocycles. The van der Waals surface area contributed by atoms with Crippen molar-refractivity contribution in [2.75, 3.05) is 29.0 Å². The van der Waals surface area contributed by atoms with Crippen molar-refractivity contribution >= 4 is 33.0 Å². The van der Waals surface area contributed by atoms with Crippen LogP contribution in [0.3, 0.4) is 0 Å². The molecule has 0 aliphatic rings. The van der Waals surface area contributed by atoms with E-state index in [2.05, 4.69) is 10.0 Å². The summed E-state index contributed by atoms with van der Waals surface area (Å²) in [5.74, 6) is -2.70. The maximum absolute atomic E-state index is 13.3. The van der Waals surface area contributed by atoms with Crippen LogP contribution >= 0.6 is 0 Å². The van der Waals surface area contributed by atoms with Crippen LogP contribution in [0.25, 0.3) is 0 Å². The predicted octanol–water partition coefficient (Wildman–Crippen LogP) is 4.08. The van der Waals surface area contributed by atoms with Gasteiger partial charge in [0.2, 0.25) is 0 Å². The fourth-order valence-electron chi connectivity index (χ4n) is 2.61. The highest BCUT2D eigenvalue weighted by Crippen LogP contribution is 2.21. The van der Waals surface area contributed by atoms with E-state index in [-0.39, 0.29) is 11.6 Å². The van der Waals surface area contributed by atoms with Gasteiger partial charge in [-0.1, -0.05) is 6.07 Å². The first kappa shape index (κ1) is 21.3. The molecule has 0 saturated carbocycles. The number of nitrogens with zero attached hydrogens (tertiary/aromatic N) is 1. The molecule has 0 aliphatic heterocycles. The average molecular weight is 431 g/mol. The van der Waals surface area contributed by atoms with Gasteiger partial charge in [0.1, 0.15) is 0 Å². The van der Waals surface area contributed by atoms with E-state index in [1.807, 2.05) is 25.1 Å². The van der Waals surface area contributed by atoms with Crippen LogP contribution in [0.1, 0.15) is 10.4 Å². The monoisotopic (exact) mass is 431 g/mol. The lowest BCUT2D eigenvalue weighted by Crippen LogP contribution is -2.15. The maximum Gasteiger partial charge on any atom is 0.261 e. The van der Waals surface area contributed by atoms with Crippen LogP contribution in [-0.4, -0.2) is 28.4 Å². The Labute approximate surface area is 173 Å². The number of halogens is 2. The highest BCUT2D eigenvalue weighted by molar-refractivity contribution is 7.92. The zero-order valence-electron chi connectivity index (χ0n) is 16.2. The summed E-state index contributed by atoms with van der Waals surface area (Å²) in [7, 11) is -0.349. The molecule has 30 heavy (non-hydrogen) atoms. The van der Waals surface area contributed by atoms with Gasteiger partial charge in [0.25, 0.3) is 15.9 Å². The number of anilines is 3. The van der Waals surface area contributed by atoms with E-state index in [1.165, 1.54) is 24.3 Å². The van der Waals surface area contributed by atoms with Crippen LogP contribution in [0.5, 0.6) is 0 Å². The highest BCUT2D eigenvalue weighted by Gasteiger charge is 2.17. The maximum atomic E-state index is 13.3. The summed E-state index contributed by atoms with van der Waals surface area (Å²) < 4.78 is 53.3. The van der Waals surface area contributed by atoms with Crippen molar-refractivity contribution < 1.29 is 22.0 Å². The average Bonchev–Trinajstić information content (AvgIpc) is 2.71. The number of benzene rings is 3. The second kappa shape index (κ2) is 8.50. The lowest BCUT2D eigenvalue weighted by Gasteiger charge is -2.13. The molecule has 0 bridgehead atoms. The Hall–Kier alpha value is -3.46. The molecule has 9 heteroatoms. The molecule has 0 unspecified atom stereocenters. The summed E-state index contributed by atoms with van der Waals surface area (Å²) >= 11 is 0. The quantitative estimate of drug-likeness (QED) is 0.616. The molecular weight excluding hydrogens is 412 g/mol. The van der Waals surface area contributed by atoms with Crippen LogP contribution in [0.2, 0.25) is 0 Å². The summed E-state index contributed by atoms with van der Waals surface area (Å²) in [4.78, 5) is 13.9. The summed E-state index contributed by atoms with van der Waals surface area (Å²) in [6.07, 6.45) is 0. The number of nitrogens with one attached hydrogen (secondary N) is 2. The molecule has 3 rings (SSSR count). The molecule has 0 atom stereocenters. The molecule has 3 aromatic rings. The van der Waals surface area contributed by atoms with Crippen molar-refractivity contribution in [2.45, 2.75) is 4.90 Å². The second-order valence-electron chi connectivity index (χ2n) is 6.66. The van der Waals surface area contributed by atoms with E-state index in [0.717, 1.165) is 17.8 Å². The van der Waals surface area contributed by atoms with E-state index in [4.69, 9.17) is 0 Å². The Morgan fingerprint density at radius 2 is 1.53 bits per heavy atom. The van der Waals surface area contributed by atoms with Crippen LogP contribution in [-0.2, 0) is 10.0 Å². The van der Waals surface area contributed by atoms with E-state index >= 15 is 0 Å². The van der Waals surface area contributed by atoms with Gasteiger partial charge in [-0.25, -0.2) is 17.2 Å². The van der Waals surface area contributed by atoms with Crippen LogP contribution in [0.15, 0.2) is 71.6 Å². The number of carbonyl (C=O) groups is 1. The highest BCUT2D eigenvalue weighted by atomic mass is 32.2. The van der Waals surface area contributed by atoms with Gasteiger partial charge >= 0.3 is 0 Å². The first-order valence-electron chi connectivity index (χ1n) is 8.82. The molecule has 1 amide bonds. The number of rotatable bonds is 6. The van der Waals surface area contributed by atoms with Crippen molar-refractivity contribution in [3.63, 3.8) is 0 Å². The summed E-state index contributed by atoms with van der Waals surface area (Å²) in [5, 5.41) is 2.73. The largest absolute Gasteiger partial charge is 0.378 e. The smallest absolute Gasteiger partial charge is 0.261 e. The van der Waals surface area contributed by atoms with Gasteiger partial charge in [0.15, 0.2) is 11.6 Å². The predicted molar refractivity (Wildman–Crippen MR) is 112 cm³/mol. The first-order chi connectivity index (χ1) is 14.2. The van der Waals surface area contributed by atoms with Gasteiger partial charge in [0.05, 0.1) is 4.90 Å². The van der Waals surface area contributed by atoms with Crippen molar-refractivity contribution in [1.29, 1.82) is 0 Å². The molecule has 0 heterocycles. The number of amides is 1. The summed E-state index contributed by atoms with van der Waals surface area (Å²) in [5.41, 5.74) is 2.02. The minimum Gasteiger partial charge on any atom is -0.378 e. The van der Waals surface area contributed by atoms with Crippen LogP contribution < -0.4 is 14.9 Å². The SMILES string of the molecule is CN(C)c1cccc(C(=O)Nc2ccc(NS(=O)(=O)c3ccc(F)c(F)c3)cc2)c1. The summed E-state index contributed by atoms with van der Waals surface area (Å²) in [6, 6.07) is 15.4. The van der Waals surface area contributed by atoms with Gasteiger partial charge < -0.3 is 10.2 Å². The van der Waals surface area contributed by atoms with Crippen molar-refractivity contribution in [2.24, 2.45) is 0 Å². The lowest BCUT2D eigenvalue weighted by atomic mass is 10.1. The van der Waals surface area contributed by atoms with Crippen molar-refractivity contribution in [3.05, 3.63) is 83.9 Å². The minimum absolute atomic E-state index is 0.201. The van der Waals surface area contributed by atoms with Gasteiger partial charge in [-0.3, -0.25) is 9.52 Å². The minimum atomic E-state index is -4.09. The molecule has 0 aliphatic carbocycles. The van der Waals surface area contributed by atoms with Crippen molar-refractivity contribution in [1.82, 2.24) is 0 Å². The first-order valence-corrected chi connectivity index (χ1v) is 10.3. The third kappa shape index (κ3) is 4.93. The Bertz CT molecular complexity index is 1180. The molecular formula is C21H19F2N3O3S. The van der Waals surface area contributed by atoms with E-state index in [0.29, 0.717) is 17.3 Å². The fraction of sp³-hybridized carbons (Fsp3) is 0.0952. The van der Waals surface area contributed by atoms with E-state index in [9.17, 15) is 22.0 Å². The molecule has 0 radical (unpaired) electrons. The standard InChI is InChI=1S/C21H19F2N3O3S/c1-26(2)17-5-3-4-14(12-17)21(27)24-15-6-8-16(9-7-15)25-30(28,29)18-10-11-19(22)20(23)13-18/h3-13,25H,1-2H3,(H,24,27). The third-order valence-electron chi connectivity index (χ3n) is 4.22. The van der Waals surface area contributed by atoms with E-state index < -0.39 is 26.6 Å². The van der Waals surface area contributed by atoms with Gasteiger partial charge in [-0.05, 0) is 60.7 Å². The molecule has 0 aromatic heterocycles. The number of sulfonamides is 1. The lowest BCUT2D eigenvalue weighted by molar-refractivity contribution is 0.102. The summed E-state index contributed by atoms with van der Waals surface area (Å²) in [6.45, 7) is 0. The van der Waals surface area contributed by atoms with Gasteiger partial charge in [-0.2, -0.15) is 0 Å². The molecule has 156 valence electrons.